The zero-order chi connectivity index (χ0) is 10.3. The number of carbonyl (C=O) groups is 1. The molecular weight excluding hydrogens is 190 g/mol. The van der Waals surface area contributed by atoms with Crippen molar-refractivity contribution >= 4 is 17.7 Å². The lowest BCUT2D eigenvalue weighted by molar-refractivity contribution is -0.138. The zero-order valence-electron chi connectivity index (χ0n) is 7.77. The molecule has 0 aromatic heterocycles. The van der Waals surface area contributed by atoms with E-state index in [1.54, 1.807) is 0 Å². The molecule has 0 amide bonds. The van der Waals surface area contributed by atoms with E-state index >= 15 is 0 Å². The summed E-state index contributed by atoms with van der Waals surface area (Å²) in [4.78, 5) is 10.2. The van der Waals surface area contributed by atoms with Crippen LogP contribution in [0.25, 0.3) is 0 Å². The molecule has 0 aromatic carbocycles. The van der Waals surface area contributed by atoms with Crippen molar-refractivity contribution < 1.29 is 15.0 Å². The first-order chi connectivity index (χ1) is 6.02. The van der Waals surface area contributed by atoms with E-state index < -0.39 is 12.1 Å². The fraction of sp³-hybridized carbons (Fsp3) is 0.875. The van der Waals surface area contributed by atoms with Crippen molar-refractivity contribution in [1.29, 1.82) is 0 Å². The van der Waals surface area contributed by atoms with E-state index in [9.17, 15) is 4.79 Å². The Morgan fingerprint density at radius 2 is 2.23 bits per heavy atom. The second-order valence-corrected chi connectivity index (χ2v) is 4.24. The smallest absolute Gasteiger partial charge is 0.306 e. The van der Waals surface area contributed by atoms with E-state index in [1.807, 2.05) is 6.92 Å². The fourth-order valence-corrected chi connectivity index (χ4v) is 1.84. The van der Waals surface area contributed by atoms with Crippen LogP contribution in [0.15, 0.2) is 0 Å². The highest BCUT2D eigenvalue weighted by Crippen LogP contribution is 2.07. The number of hydrogen-bond donors (Lipinski definition) is 3. The summed E-state index contributed by atoms with van der Waals surface area (Å²) in [6.45, 7) is 1.92. The average Bonchev–Trinajstić information content (AvgIpc) is 1.96. The molecule has 5 heteroatoms. The summed E-state index contributed by atoms with van der Waals surface area (Å²) in [6.07, 6.45) is -0.0223. The Labute approximate surface area is 82.5 Å². The molecule has 0 aliphatic rings. The summed E-state index contributed by atoms with van der Waals surface area (Å²) >= 11 is 1.54. The quantitative estimate of drug-likeness (QED) is 0.523. The van der Waals surface area contributed by atoms with Crippen LogP contribution in [0.1, 0.15) is 19.8 Å². The minimum absolute atomic E-state index is 0.170. The van der Waals surface area contributed by atoms with Crippen LogP contribution >= 0.6 is 11.8 Å². The lowest BCUT2D eigenvalue weighted by Gasteiger charge is -2.08. The molecule has 78 valence electrons. The summed E-state index contributed by atoms with van der Waals surface area (Å²) in [5, 5.41) is 17.5. The average molecular weight is 207 g/mol. The third-order valence-corrected chi connectivity index (χ3v) is 2.58. The molecule has 2 unspecified atom stereocenters. The van der Waals surface area contributed by atoms with Gasteiger partial charge in [0.25, 0.3) is 0 Å². The monoisotopic (exact) mass is 207 g/mol. The minimum Gasteiger partial charge on any atom is -0.481 e. The molecule has 0 saturated carbocycles. The van der Waals surface area contributed by atoms with Crippen LogP contribution in [0.5, 0.6) is 0 Å². The molecule has 0 heterocycles. The SMILES string of the molecule is CC(N)CCSCC(O)CC(=O)O. The van der Waals surface area contributed by atoms with E-state index in [0.29, 0.717) is 5.75 Å². The number of carboxylic acids is 1. The van der Waals surface area contributed by atoms with Crippen molar-refractivity contribution in [2.75, 3.05) is 11.5 Å². The molecule has 0 rings (SSSR count). The second-order valence-electron chi connectivity index (χ2n) is 3.09. The third kappa shape index (κ3) is 9.66. The number of aliphatic hydroxyl groups is 1. The predicted molar refractivity (Wildman–Crippen MR) is 53.9 cm³/mol. The molecule has 4 nitrogen and oxygen atoms in total. The minimum atomic E-state index is -0.958. The summed E-state index contributed by atoms with van der Waals surface area (Å²) in [5.74, 6) is 0.383. The van der Waals surface area contributed by atoms with Gasteiger partial charge >= 0.3 is 5.97 Å². The van der Waals surface area contributed by atoms with Crippen LogP contribution in [-0.2, 0) is 4.79 Å². The van der Waals surface area contributed by atoms with Crippen LogP contribution in [0, 0.1) is 0 Å². The van der Waals surface area contributed by atoms with Crippen LogP contribution in [0.3, 0.4) is 0 Å². The van der Waals surface area contributed by atoms with Crippen molar-refractivity contribution in [1.82, 2.24) is 0 Å². The Bertz CT molecular complexity index is 152. The maximum atomic E-state index is 10.2. The number of rotatable bonds is 7. The fourth-order valence-electron chi connectivity index (χ4n) is 0.749. The van der Waals surface area contributed by atoms with E-state index in [0.717, 1.165) is 12.2 Å². The van der Waals surface area contributed by atoms with E-state index in [4.69, 9.17) is 15.9 Å². The van der Waals surface area contributed by atoms with Crippen LogP contribution in [0.4, 0.5) is 0 Å². The molecule has 2 atom stereocenters. The van der Waals surface area contributed by atoms with Crippen molar-refractivity contribution in [2.45, 2.75) is 31.9 Å². The van der Waals surface area contributed by atoms with Gasteiger partial charge in [-0.25, -0.2) is 0 Å². The number of thioether (sulfide) groups is 1. The number of aliphatic carboxylic acids is 1. The normalized spacial score (nSPS) is 15.3. The number of carboxylic acid groups (broad SMARTS) is 1. The molecule has 0 saturated heterocycles. The Kier molecular flexibility index (Phi) is 7.03. The van der Waals surface area contributed by atoms with Gasteiger partial charge in [-0.3, -0.25) is 4.79 Å². The topological polar surface area (TPSA) is 83.5 Å². The Balaban J connectivity index is 3.26. The molecule has 4 N–H and O–H groups in total. The maximum Gasteiger partial charge on any atom is 0.306 e. The molecule has 0 aromatic rings. The van der Waals surface area contributed by atoms with E-state index in [2.05, 4.69) is 0 Å². The first-order valence-corrected chi connectivity index (χ1v) is 5.41. The summed E-state index contributed by atoms with van der Waals surface area (Å²) < 4.78 is 0. The molecule has 0 fully saturated rings. The summed E-state index contributed by atoms with van der Waals surface area (Å²) in [5.41, 5.74) is 5.52. The van der Waals surface area contributed by atoms with Gasteiger partial charge in [0, 0.05) is 11.8 Å². The highest BCUT2D eigenvalue weighted by atomic mass is 32.2. The zero-order valence-corrected chi connectivity index (χ0v) is 8.59. The molecule has 0 aliphatic heterocycles. The molecule has 13 heavy (non-hydrogen) atoms. The van der Waals surface area contributed by atoms with Gasteiger partial charge in [0.15, 0.2) is 0 Å². The van der Waals surface area contributed by atoms with Crippen LogP contribution in [0.2, 0.25) is 0 Å². The van der Waals surface area contributed by atoms with Crippen molar-refractivity contribution in [2.24, 2.45) is 5.73 Å². The van der Waals surface area contributed by atoms with Gasteiger partial charge in [-0.15, -0.1) is 0 Å². The molecule has 0 radical (unpaired) electrons. The van der Waals surface area contributed by atoms with Crippen LogP contribution < -0.4 is 5.73 Å². The number of nitrogens with two attached hydrogens (primary N) is 1. The first-order valence-electron chi connectivity index (χ1n) is 4.25. The van der Waals surface area contributed by atoms with Gasteiger partial charge in [0.2, 0.25) is 0 Å². The lowest BCUT2D eigenvalue weighted by Crippen LogP contribution is -2.18. The Morgan fingerprint density at radius 3 is 2.69 bits per heavy atom. The number of aliphatic hydroxyl groups excluding tert-OH is 1. The highest BCUT2D eigenvalue weighted by Gasteiger charge is 2.08. The molecular formula is C8H17NO3S. The summed E-state index contributed by atoms with van der Waals surface area (Å²) in [6, 6.07) is 0.170. The largest absolute Gasteiger partial charge is 0.481 e. The lowest BCUT2D eigenvalue weighted by atomic mass is 10.3. The molecule has 0 spiro atoms. The molecule has 0 bridgehead atoms. The second kappa shape index (κ2) is 7.17. The standard InChI is InChI=1S/C8H17NO3S/c1-6(9)2-3-13-5-7(10)4-8(11)12/h6-7,10H,2-5,9H2,1H3,(H,11,12). The van der Waals surface area contributed by atoms with Gasteiger partial charge in [0.05, 0.1) is 12.5 Å². The summed E-state index contributed by atoms with van der Waals surface area (Å²) in [7, 11) is 0. The number of hydrogen-bond acceptors (Lipinski definition) is 4. The van der Waals surface area contributed by atoms with Gasteiger partial charge in [-0.2, -0.15) is 11.8 Å². The van der Waals surface area contributed by atoms with Crippen molar-refractivity contribution in [3.63, 3.8) is 0 Å². The molecule has 0 aliphatic carbocycles. The van der Waals surface area contributed by atoms with Gasteiger partial charge in [-0.05, 0) is 19.1 Å². The maximum absolute atomic E-state index is 10.2. The van der Waals surface area contributed by atoms with E-state index in [1.165, 1.54) is 11.8 Å². The van der Waals surface area contributed by atoms with Gasteiger partial charge in [0.1, 0.15) is 0 Å². The van der Waals surface area contributed by atoms with E-state index in [-0.39, 0.29) is 12.5 Å². The van der Waals surface area contributed by atoms with Crippen molar-refractivity contribution in [3.05, 3.63) is 0 Å². The van der Waals surface area contributed by atoms with Crippen LogP contribution in [-0.4, -0.2) is 39.8 Å². The van der Waals surface area contributed by atoms with Gasteiger partial charge < -0.3 is 15.9 Å². The Hall–Kier alpha value is -0.260. The van der Waals surface area contributed by atoms with Crippen molar-refractivity contribution in [3.8, 4) is 0 Å². The highest BCUT2D eigenvalue weighted by molar-refractivity contribution is 7.99. The van der Waals surface area contributed by atoms with Gasteiger partial charge in [-0.1, -0.05) is 0 Å². The predicted octanol–water partition coefficient (Wildman–Crippen LogP) is 0.292. The first kappa shape index (κ1) is 12.7. The third-order valence-electron chi connectivity index (χ3n) is 1.44. The Morgan fingerprint density at radius 1 is 1.62 bits per heavy atom.